The number of carbonyl (C=O) groups is 1. The van der Waals surface area contributed by atoms with Gasteiger partial charge >= 0.3 is 0 Å². The number of nitrogens with one attached hydrogen (secondary N) is 1. The van der Waals surface area contributed by atoms with Crippen molar-refractivity contribution in [3.05, 3.63) is 24.3 Å². The largest absolute Gasteiger partial charge is 0.381 e. The first-order valence-corrected chi connectivity index (χ1v) is 7.36. The Morgan fingerprint density at radius 1 is 1.24 bits per heavy atom. The van der Waals surface area contributed by atoms with E-state index in [1.165, 1.54) is 4.80 Å². The van der Waals surface area contributed by atoms with Gasteiger partial charge in [0.1, 0.15) is 17.6 Å². The topological polar surface area (TPSA) is 69.0 Å². The van der Waals surface area contributed by atoms with Gasteiger partial charge in [-0.2, -0.15) is 15.0 Å². The zero-order valence-corrected chi connectivity index (χ0v) is 12.2. The molecule has 3 rings (SSSR count). The van der Waals surface area contributed by atoms with Gasteiger partial charge in [-0.25, -0.2) is 0 Å². The van der Waals surface area contributed by atoms with E-state index in [1.54, 1.807) is 7.11 Å². The van der Waals surface area contributed by atoms with E-state index in [2.05, 4.69) is 15.5 Å². The molecule has 0 radical (unpaired) electrons. The normalized spacial score (nSPS) is 22.3. The standard InChI is InChI=1S/C15H20N4O2/c1-21-12-8-6-11(7-9-12)16-15(20)10-19-17-13-4-2-3-5-14(13)18-19/h2-5,11-12H,6-10H2,1H3,(H,16,20). The summed E-state index contributed by atoms with van der Waals surface area (Å²) in [7, 11) is 1.75. The lowest BCUT2D eigenvalue weighted by atomic mass is 9.93. The second-order valence-electron chi connectivity index (χ2n) is 5.50. The summed E-state index contributed by atoms with van der Waals surface area (Å²) in [6.45, 7) is 0.166. The maximum atomic E-state index is 12.1. The Hall–Kier alpha value is -1.95. The van der Waals surface area contributed by atoms with E-state index in [-0.39, 0.29) is 18.5 Å². The minimum Gasteiger partial charge on any atom is -0.381 e. The summed E-state index contributed by atoms with van der Waals surface area (Å²) in [6.07, 6.45) is 4.30. The van der Waals surface area contributed by atoms with Crippen LogP contribution in [0.3, 0.4) is 0 Å². The molecule has 6 nitrogen and oxygen atoms in total. The van der Waals surface area contributed by atoms with Gasteiger partial charge in [0.2, 0.25) is 5.91 Å². The van der Waals surface area contributed by atoms with Gasteiger partial charge in [0, 0.05) is 13.2 Å². The number of carbonyl (C=O) groups excluding carboxylic acids is 1. The summed E-state index contributed by atoms with van der Waals surface area (Å²) < 4.78 is 5.34. The quantitative estimate of drug-likeness (QED) is 0.926. The molecule has 1 aliphatic rings. The monoisotopic (exact) mass is 288 g/mol. The number of hydrogen-bond acceptors (Lipinski definition) is 4. The van der Waals surface area contributed by atoms with Gasteiger partial charge in [-0.1, -0.05) is 12.1 Å². The number of methoxy groups -OCH3 is 1. The number of ether oxygens (including phenoxy) is 1. The highest BCUT2D eigenvalue weighted by Gasteiger charge is 2.22. The van der Waals surface area contributed by atoms with Crippen LogP contribution in [0, 0.1) is 0 Å². The lowest BCUT2D eigenvalue weighted by molar-refractivity contribution is -0.123. The molecule has 0 unspecified atom stereocenters. The third-order valence-electron chi connectivity index (χ3n) is 3.99. The van der Waals surface area contributed by atoms with Crippen molar-refractivity contribution in [3.8, 4) is 0 Å². The van der Waals surface area contributed by atoms with E-state index < -0.39 is 0 Å². The molecule has 0 aliphatic heterocycles. The van der Waals surface area contributed by atoms with Gasteiger partial charge in [-0.3, -0.25) is 4.79 Å². The third-order valence-corrected chi connectivity index (χ3v) is 3.99. The minimum absolute atomic E-state index is 0.0313. The molecule has 0 spiro atoms. The number of amides is 1. The van der Waals surface area contributed by atoms with Crippen LogP contribution in [0.5, 0.6) is 0 Å². The van der Waals surface area contributed by atoms with E-state index >= 15 is 0 Å². The zero-order valence-electron chi connectivity index (χ0n) is 12.2. The average Bonchev–Trinajstić information content (AvgIpc) is 2.90. The van der Waals surface area contributed by atoms with Crippen LogP contribution >= 0.6 is 0 Å². The molecule has 2 aromatic rings. The fraction of sp³-hybridized carbons (Fsp3) is 0.533. The van der Waals surface area contributed by atoms with Gasteiger partial charge < -0.3 is 10.1 Å². The molecule has 1 amide bonds. The Morgan fingerprint density at radius 3 is 2.43 bits per heavy atom. The SMILES string of the molecule is COC1CCC(NC(=O)Cn2nc3ccccc3n2)CC1. The zero-order chi connectivity index (χ0) is 14.7. The van der Waals surface area contributed by atoms with Crippen molar-refractivity contribution in [1.29, 1.82) is 0 Å². The van der Waals surface area contributed by atoms with Crippen LogP contribution < -0.4 is 5.32 Å². The van der Waals surface area contributed by atoms with Crippen LogP contribution in [-0.4, -0.2) is 40.2 Å². The van der Waals surface area contributed by atoms with Crippen LogP contribution in [0.25, 0.3) is 11.0 Å². The van der Waals surface area contributed by atoms with E-state index in [9.17, 15) is 4.79 Å². The van der Waals surface area contributed by atoms with E-state index in [1.807, 2.05) is 24.3 Å². The Bertz CT molecular complexity index is 584. The molecule has 21 heavy (non-hydrogen) atoms. The van der Waals surface area contributed by atoms with E-state index in [0.29, 0.717) is 6.10 Å². The molecule has 6 heteroatoms. The molecule has 0 atom stereocenters. The van der Waals surface area contributed by atoms with Gasteiger partial charge in [0.05, 0.1) is 6.10 Å². The number of fused-ring (bicyclic) bond motifs is 1. The smallest absolute Gasteiger partial charge is 0.243 e. The molecule has 0 bridgehead atoms. The predicted octanol–water partition coefficient (Wildman–Crippen LogP) is 1.51. The summed E-state index contributed by atoms with van der Waals surface area (Å²) in [4.78, 5) is 13.5. The van der Waals surface area contributed by atoms with Crippen molar-refractivity contribution in [2.75, 3.05) is 7.11 Å². The lowest BCUT2D eigenvalue weighted by Crippen LogP contribution is -2.40. The van der Waals surface area contributed by atoms with E-state index in [0.717, 1.165) is 36.7 Å². The fourth-order valence-corrected chi connectivity index (χ4v) is 2.82. The molecular weight excluding hydrogens is 268 g/mol. The molecule has 1 aliphatic carbocycles. The number of nitrogens with zero attached hydrogens (tertiary/aromatic N) is 3. The molecule has 1 fully saturated rings. The third kappa shape index (κ3) is 3.39. The Kier molecular flexibility index (Phi) is 4.15. The van der Waals surface area contributed by atoms with Gasteiger partial charge in [0.25, 0.3) is 0 Å². The van der Waals surface area contributed by atoms with Crippen molar-refractivity contribution in [1.82, 2.24) is 20.3 Å². The van der Waals surface area contributed by atoms with Crippen LogP contribution in [0.15, 0.2) is 24.3 Å². The predicted molar refractivity (Wildman–Crippen MR) is 78.7 cm³/mol. The first-order valence-electron chi connectivity index (χ1n) is 7.36. The van der Waals surface area contributed by atoms with Crippen LogP contribution in [0.1, 0.15) is 25.7 Å². The Labute approximate surface area is 123 Å². The Morgan fingerprint density at radius 2 is 1.86 bits per heavy atom. The van der Waals surface area contributed by atoms with Crippen LogP contribution in [0.2, 0.25) is 0 Å². The van der Waals surface area contributed by atoms with E-state index in [4.69, 9.17) is 4.74 Å². The second kappa shape index (κ2) is 6.22. The highest BCUT2D eigenvalue weighted by atomic mass is 16.5. The van der Waals surface area contributed by atoms with Crippen LogP contribution in [-0.2, 0) is 16.1 Å². The molecular formula is C15H20N4O2. The summed E-state index contributed by atoms with van der Waals surface area (Å²) >= 11 is 0. The molecule has 1 N–H and O–H groups in total. The number of benzene rings is 1. The lowest BCUT2D eigenvalue weighted by Gasteiger charge is -2.28. The first kappa shape index (κ1) is 14.0. The van der Waals surface area contributed by atoms with Crippen LogP contribution in [0.4, 0.5) is 0 Å². The minimum atomic E-state index is -0.0313. The average molecular weight is 288 g/mol. The first-order chi connectivity index (χ1) is 10.2. The number of aromatic nitrogens is 3. The second-order valence-corrected chi connectivity index (χ2v) is 5.50. The Balaban J connectivity index is 1.54. The fourth-order valence-electron chi connectivity index (χ4n) is 2.82. The highest BCUT2D eigenvalue weighted by Crippen LogP contribution is 2.20. The molecule has 1 aromatic carbocycles. The molecule has 1 aromatic heterocycles. The maximum absolute atomic E-state index is 12.1. The molecule has 0 saturated heterocycles. The maximum Gasteiger partial charge on any atom is 0.243 e. The summed E-state index contributed by atoms with van der Waals surface area (Å²) in [6, 6.07) is 7.85. The van der Waals surface area contributed by atoms with Crippen molar-refractivity contribution in [3.63, 3.8) is 0 Å². The van der Waals surface area contributed by atoms with Crippen molar-refractivity contribution < 1.29 is 9.53 Å². The number of hydrogen-bond donors (Lipinski definition) is 1. The summed E-state index contributed by atoms with van der Waals surface area (Å²) in [5, 5.41) is 11.7. The van der Waals surface area contributed by atoms with Gasteiger partial charge in [-0.15, -0.1) is 0 Å². The van der Waals surface area contributed by atoms with Crippen molar-refractivity contribution in [2.24, 2.45) is 0 Å². The molecule has 112 valence electrons. The van der Waals surface area contributed by atoms with Crippen molar-refractivity contribution >= 4 is 16.9 Å². The number of rotatable bonds is 4. The van der Waals surface area contributed by atoms with Gasteiger partial charge in [-0.05, 0) is 37.8 Å². The summed E-state index contributed by atoms with van der Waals surface area (Å²) in [5.41, 5.74) is 1.62. The van der Waals surface area contributed by atoms with Crippen molar-refractivity contribution in [2.45, 2.75) is 44.4 Å². The molecule has 1 saturated carbocycles. The summed E-state index contributed by atoms with van der Waals surface area (Å²) in [5.74, 6) is -0.0313. The molecule has 1 heterocycles. The van der Waals surface area contributed by atoms with Gasteiger partial charge in [0.15, 0.2) is 0 Å². The highest BCUT2D eigenvalue weighted by molar-refractivity contribution is 5.77.